The maximum Gasteiger partial charge on any atom is 0.304 e. The van der Waals surface area contributed by atoms with Crippen LogP contribution < -0.4 is 5.32 Å². The Labute approximate surface area is 102 Å². The van der Waals surface area contributed by atoms with Crippen molar-refractivity contribution in [1.29, 1.82) is 0 Å². The third-order valence-corrected chi connectivity index (χ3v) is 3.47. The van der Waals surface area contributed by atoms with E-state index in [4.69, 9.17) is 5.11 Å². The van der Waals surface area contributed by atoms with Gasteiger partial charge in [-0.1, -0.05) is 24.3 Å². The monoisotopic (exact) mass is 233 g/mol. The van der Waals surface area contributed by atoms with Gasteiger partial charge in [-0.05, 0) is 37.3 Å². The summed E-state index contributed by atoms with van der Waals surface area (Å²) in [6.45, 7) is 2.11. The first-order valence-corrected chi connectivity index (χ1v) is 6.20. The molecule has 1 aliphatic heterocycles. The quantitative estimate of drug-likeness (QED) is 0.843. The molecule has 1 aliphatic rings. The summed E-state index contributed by atoms with van der Waals surface area (Å²) in [4.78, 5) is 10.7. The molecule has 3 nitrogen and oxygen atoms in total. The fraction of sp³-hybridized carbons (Fsp3) is 0.500. The molecule has 1 aromatic carbocycles. The van der Waals surface area contributed by atoms with Gasteiger partial charge in [-0.15, -0.1) is 0 Å². The van der Waals surface area contributed by atoms with Crippen molar-refractivity contribution in [3.05, 3.63) is 35.4 Å². The first-order valence-electron chi connectivity index (χ1n) is 6.20. The zero-order valence-corrected chi connectivity index (χ0v) is 10.1. The Kier molecular flexibility index (Phi) is 3.79. The van der Waals surface area contributed by atoms with E-state index in [1.54, 1.807) is 0 Å². The van der Waals surface area contributed by atoms with Crippen molar-refractivity contribution in [2.45, 2.75) is 44.7 Å². The highest BCUT2D eigenvalue weighted by Crippen LogP contribution is 2.28. The zero-order chi connectivity index (χ0) is 12.3. The molecule has 0 bridgehead atoms. The second-order valence-corrected chi connectivity index (χ2v) is 4.80. The van der Waals surface area contributed by atoms with Crippen molar-refractivity contribution in [3.63, 3.8) is 0 Å². The number of hydrogen-bond donors (Lipinski definition) is 2. The first-order chi connectivity index (χ1) is 8.16. The Bertz CT molecular complexity index is 403. The predicted octanol–water partition coefficient (Wildman–Crippen LogP) is 2.65. The summed E-state index contributed by atoms with van der Waals surface area (Å²) < 4.78 is 0. The van der Waals surface area contributed by atoms with Gasteiger partial charge in [0, 0.05) is 12.1 Å². The van der Waals surface area contributed by atoms with Crippen LogP contribution in [-0.2, 0) is 4.79 Å². The molecule has 17 heavy (non-hydrogen) atoms. The van der Waals surface area contributed by atoms with Crippen LogP contribution in [0.15, 0.2) is 24.3 Å². The number of piperidine rings is 1. The van der Waals surface area contributed by atoms with Crippen molar-refractivity contribution in [2.75, 3.05) is 0 Å². The smallest absolute Gasteiger partial charge is 0.304 e. The van der Waals surface area contributed by atoms with Crippen LogP contribution in [-0.4, -0.2) is 17.1 Å². The normalized spacial score (nSPS) is 24.5. The highest BCUT2D eigenvalue weighted by Gasteiger charge is 2.24. The minimum absolute atomic E-state index is 0.117. The highest BCUT2D eigenvalue weighted by atomic mass is 16.4. The summed E-state index contributed by atoms with van der Waals surface area (Å²) in [7, 11) is 0. The molecule has 0 radical (unpaired) electrons. The van der Waals surface area contributed by atoms with Crippen LogP contribution in [0.1, 0.15) is 42.9 Å². The van der Waals surface area contributed by atoms with Crippen LogP contribution in [0, 0.1) is 6.92 Å². The van der Waals surface area contributed by atoms with E-state index in [2.05, 4.69) is 24.4 Å². The molecule has 1 saturated heterocycles. The largest absolute Gasteiger partial charge is 0.481 e. The number of carboxylic acid groups (broad SMARTS) is 1. The Morgan fingerprint density at radius 2 is 2.18 bits per heavy atom. The van der Waals surface area contributed by atoms with Gasteiger partial charge in [-0.3, -0.25) is 4.79 Å². The first kappa shape index (κ1) is 12.1. The van der Waals surface area contributed by atoms with Gasteiger partial charge >= 0.3 is 5.97 Å². The van der Waals surface area contributed by atoms with E-state index in [1.807, 2.05) is 12.1 Å². The van der Waals surface area contributed by atoms with E-state index in [0.717, 1.165) is 19.3 Å². The van der Waals surface area contributed by atoms with Crippen molar-refractivity contribution >= 4 is 5.97 Å². The lowest BCUT2D eigenvalue weighted by Crippen LogP contribution is -2.38. The van der Waals surface area contributed by atoms with Gasteiger partial charge in [-0.2, -0.15) is 0 Å². The minimum Gasteiger partial charge on any atom is -0.481 e. The number of carboxylic acids is 1. The van der Waals surface area contributed by atoms with E-state index < -0.39 is 5.97 Å². The molecule has 0 amide bonds. The van der Waals surface area contributed by atoms with Crippen LogP contribution in [0.5, 0.6) is 0 Å². The van der Waals surface area contributed by atoms with E-state index in [0.29, 0.717) is 6.04 Å². The van der Waals surface area contributed by atoms with Crippen LogP contribution in [0.2, 0.25) is 0 Å². The maximum absolute atomic E-state index is 10.7. The topological polar surface area (TPSA) is 49.3 Å². The van der Waals surface area contributed by atoms with Crippen molar-refractivity contribution in [1.82, 2.24) is 5.32 Å². The van der Waals surface area contributed by atoms with Crippen LogP contribution in [0.3, 0.4) is 0 Å². The molecule has 2 unspecified atom stereocenters. The molecular weight excluding hydrogens is 214 g/mol. The van der Waals surface area contributed by atoms with Crippen molar-refractivity contribution < 1.29 is 9.90 Å². The maximum atomic E-state index is 10.7. The molecule has 0 saturated carbocycles. The molecule has 3 heteroatoms. The SMILES string of the molecule is Cc1ccccc1C1CCCC(CC(=O)O)N1. The Morgan fingerprint density at radius 1 is 1.41 bits per heavy atom. The molecule has 2 N–H and O–H groups in total. The molecule has 2 rings (SSSR count). The number of hydrogen-bond acceptors (Lipinski definition) is 2. The third kappa shape index (κ3) is 3.07. The fourth-order valence-electron chi connectivity index (χ4n) is 2.61. The van der Waals surface area contributed by atoms with Crippen molar-refractivity contribution in [2.24, 2.45) is 0 Å². The predicted molar refractivity (Wildman–Crippen MR) is 66.9 cm³/mol. The van der Waals surface area contributed by atoms with Crippen LogP contribution in [0.4, 0.5) is 0 Å². The van der Waals surface area contributed by atoms with Gasteiger partial charge in [-0.25, -0.2) is 0 Å². The number of rotatable bonds is 3. The summed E-state index contributed by atoms with van der Waals surface area (Å²) in [6, 6.07) is 8.76. The molecular formula is C14H19NO2. The van der Waals surface area contributed by atoms with Crippen LogP contribution >= 0.6 is 0 Å². The van der Waals surface area contributed by atoms with Gasteiger partial charge in [0.1, 0.15) is 0 Å². The van der Waals surface area contributed by atoms with E-state index in [1.165, 1.54) is 11.1 Å². The Hall–Kier alpha value is -1.35. The zero-order valence-electron chi connectivity index (χ0n) is 10.1. The van der Waals surface area contributed by atoms with E-state index in [9.17, 15) is 4.79 Å². The Balaban J connectivity index is 2.07. The third-order valence-electron chi connectivity index (χ3n) is 3.47. The molecule has 1 heterocycles. The fourth-order valence-corrected chi connectivity index (χ4v) is 2.61. The van der Waals surface area contributed by atoms with Crippen LogP contribution in [0.25, 0.3) is 0 Å². The number of aliphatic carboxylic acids is 1. The van der Waals surface area contributed by atoms with E-state index >= 15 is 0 Å². The molecule has 1 aromatic rings. The summed E-state index contributed by atoms with van der Waals surface area (Å²) in [6.07, 6.45) is 3.39. The molecule has 0 spiro atoms. The molecule has 92 valence electrons. The van der Waals surface area contributed by atoms with Gasteiger partial charge in [0.15, 0.2) is 0 Å². The second kappa shape index (κ2) is 5.32. The molecule has 0 aromatic heterocycles. The lowest BCUT2D eigenvalue weighted by molar-refractivity contribution is -0.137. The van der Waals surface area contributed by atoms with Gasteiger partial charge < -0.3 is 10.4 Å². The summed E-state index contributed by atoms with van der Waals surface area (Å²) >= 11 is 0. The second-order valence-electron chi connectivity index (χ2n) is 4.80. The van der Waals surface area contributed by atoms with Gasteiger partial charge in [0.25, 0.3) is 0 Å². The highest BCUT2D eigenvalue weighted by molar-refractivity contribution is 5.67. The summed E-state index contributed by atoms with van der Waals surface area (Å²) in [5.74, 6) is -0.715. The number of carbonyl (C=O) groups is 1. The van der Waals surface area contributed by atoms with E-state index in [-0.39, 0.29) is 12.5 Å². The Morgan fingerprint density at radius 3 is 2.88 bits per heavy atom. The number of nitrogens with one attached hydrogen (secondary N) is 1. The van der Waals surface area contributed by atoms with Gasteiger partial charge in [0.2, 0.25) is 0 Å². The van der Waals surface area contributed by atoms with Gasteiger partial charge in [0.05, 0.1) is 6.42 Å². The minimum atomic E-state index is -0.715. The average Bonchev–Trinajstić information content (AvgIpc) is 2.29. The summed E-state index contributed by atoms with van der Waals surface area (Å²) in [5.41, 5.74) is 2.59. The molecule has 2 atom stereocenters. The average molecular weight is 233 g/mol. The number of aryl methyl sites for hydroxylation is 1. The molecule has 0 aliphatic carbocycles. The lowest BCUT2D eigenvalue weighted by Gasteiger charge is -2.31. The standard InChI is InChI=1S/C14H19NO2/c1-10-5-2-3-7-12(10)13-8-4-6-11(15-13)9-14(16)17/h2-3,5,7,11,13,15H,4,6,8-9H2,1H3,(H,16,17). The van der Waals surface area contributed by atoms with Crippen molar-refractivity contribution in [3.8, 4) is 0 Å². The summed E-state index contributed by atoms with van der Waals surface area (Å²) in [5, 5.41) is 12.3. The number of benzene rings is 1. The lowest BCUT2D eigenvalue weighted by atomic mass is 9.90. The molecule has 1 fully saturated rings.